The van der Waals surface area contributed by atoms with Gasteiger partial charge in [0.25, 0.3) is 0 Å². The van der Waals surface area contributed by atoms with Crippen molar-refractivity contribution in [3.05, 3.63) is 93.4 Å². The molecule has 4 rings (SSSR count). The summed E-state index contributed by atoms with van der Waals surface area (Å²) in [7, 11) is 0. The van der Waals surface area contributed by atoms with Gasteiger partial charge in [-0.25, -0.2) is 4.39 Å². The molecule has 1 fully saturated rings. The highest BCUT2D eigenvalue weighted by Gasteiger charge is 2.29. The maximum absolute atomic E-state index is 13.7. The summed E-state index contributed by atoms with van der Waals surface area (Å²) in [4.78, 5) is 33.1. The van der Waals surface area contributed by atoms with E-state index in [1.807, 2.05) is 35.2 Å². The van der Waals surface area contributed by atoms with E-state index in [0.29, 0.717) is 25.9 Å². The third-order valence-corrected chi connectivity index (χ3v) is 7.88. The second kappa shape index (κ2) is 12.8. The first-order valence-corrected chi connectivity index (χ1v) is 13.7. The fourth-order valence-corrected chi connectivity index (χ4v) is 5.81. The summed E-state index contributed by atoms with van der Waals surface area (Å²) in [6.07, 6.45) is 6.34. The van der Waals surface area contributed by atoms with E-state index < -0.39 is 0 Å². The van der Waals surface area contributed by atoms with Crippen molar-refractivity contribution in [1.82, 2.24) is 9.80 Å². The number of nitrogens with zero attached hydrogens (tertiary/aromatic N) is 2. The Labute approximate surface area is 217 Å². The molecule has 3 aromatic rings. The summed E-state index contributed by atoms with van der Waals surface area (Å²) >= 11 is 1.67. The average Bonchev–Trinajstić information content (AvgIpc) is 3.32. The smallest absolute Gasteiger partial charge is 0.242 e. The molecule has 0 bridgehead atoms. The van der Waals surface area contributed by atoms with Gasteiger partial charge in [0.1, 0.15) is 12.4 Å². The number of halogens is 1. The first-order chi connectivity index (χ1) is 17.5. The molecule has 0 unspecified atom stereocenters. The summed E-state index contributed by atoms with van der Waals surface area (Å²) in [5.41, 5.74) is 2.00. The van der Waals surface area contributed by atoms with Crippen molar-refractivity contribution < 1.29 is 14.0 Å². The molecule has 0 saturated heterocycles. The largest absolute Gasteiger partial charge is 0.332 e. The molecule has 2 aromatic carbocycles. The Bertz CT molecular complexity index is 1120. The van der Waals surface area contributed by atoms with E-state index in [1.165, 1.54) is 23.4 Å². The number of benzene rings is 2. The zero-order valence-corrected chi connectivity index (χ0v) is 21.8. The summed E-state index contributed by atoms with van der Waals surface area (Å²) in [5, 5.41) is 0. The third-order valence-electron chi connectivity index (χ3n) is 6.89. The van der Waals surface area contributed by atoms with E-state index in [0.717, 1.165) is 41.7 Å². The van der Waals surface area contributed by atoms with Crippen LogP contribution in [-0.2, 0) is 29.1 Å². The van der Waals surface area contributed by atoms with Crippen molar-refractivity contribution in [2.24, 2.45) is 0 Å². The lowest BCUT2D eigenvalue weighted by atomic mass is 9.93. The topological polar surface area (TPSA) is 40.6 Å². The van der Waals surface area contributed by atoms with Crippen LogP contribution in [0.3, 0.4) is 0 Å². The second-order valence-electron chi connectivity index (χ2n) is 9.69. The molecule has 6 heteroatoms. The van der Waals surface area contributed by atoms with Gasteiger partial charge in [-0.3, -0.25) is 9.59 Å². The summed E-state index contributed by atoms with van der Waals surface area (Å²) in [6.45, 7) is 3.00. The Morgan fingerprint density at radius 1 is 0.861 bits per heavy atom. The molecule has 0 aliphatic heterocycles. The van der Waals surface area contributed by atoms with Gasteiger partial charge in [-0.2, -0.15) is 0 Å². The summed E-state index contributed by atoms with van der Waals surface area (Å²) in [5.74, 6) is -0.310. The fourth-order valence-electron chi connectivity index (χ4n) is 4.90. The zero-order chi connectivity index (χ0) is 25.3. The van der Waals surface area contributed by atoms with Crippen molar-refractivity contribution in [3.8, 4) is 0 Å². The van der Waals surface area contributed by atoms with Gasteiger partial charge in [0.2, 0.25) is 11.8 Å². The number of thiophene rings is 1. The Morgan fingerprint density at radius 3 is 2.25 bits per heavy atom. The summed E-state index contributed by atoms with van der Waals surface area (Å²) in [6, 6.07) is 20.5. The van der Waals surface area contributed by atoms with Crippen LogP contribution < -0.4 is 0 Å². The second-order valence-corrected chi connectivity index (χ2v) is 11.1. The van der Waals surface area contributed by atoms with E-state index in [2.05, 4.69) is 19.1 Å². The number of carbonyl (C=O) groups is 2. The number of aryl methyl sites for hydroxylation is 2. The molecular weight excluding hydrogens is 471 g/mol. The Balaban J connectivity index is 1.50. The lowest BCUT2D eigenvalue weighted by Gasteiger charge is -2.35. The van der Waals surface area contributed by atoms with E-state index in [4.69, 9.17) is 0 Å². The van der Waals surface area contributed by atoms with Crippen LogP contribution in [0.2, 0.25) is 0 Å². The van der Waals surface area contributed by atoms with Gasteiger partial charge in [-0.15, -0.1) is 11.3 Å². The molecule has 1 aliphatic carbocycles. The van der Waals surface area contributed by atoms with Gasteiger partial charge in [0.15, 0.2) is 0 Å². The predicted molar refractivity (Wildman–Crippen MR) is 143 cm³/mol. The van der Waals surface area contributed by atoms with Crippen LogP contribution in [-0.4, -0.2) is 34.2 Å². The monoisotopic (exact) mass is 506 g/mol. The van der Waals surface area contributed by atoms with Crippen molar-refractivity contribution in [2.75, 3.05) is 6.54 Å². The normalized spacial score (nSPS) is 13.9. The Hall–Kier alpha value is -2.99. The molecule has 190 valence electrons. The quantitative estimate of drug-likeness (QED) is 0.314. The Morgan fingerprint density at radius 2 is 1.58 bits per heavy atom. The van der Waals surface area contributed by atoms with Crippen LogP contribution in [0, 0.1) is 12.7 Å². The van der Waals surface area contributed by atoms with Crippen LogP contribution in [0.25, 0.3) is 0 Å². The molecule has 36 heavy (non-hydrogen) atoms. The van der Waals surface area contributed by atoms with Gasteiger partial charge < -0.3 is 9.80 Å². The average molecular weight is 507 g/mol. The van der Waals surface area contributed by atoms with Crippen LogP contribution in [0.1, 0.15) is 59.4 Å². The molecule has 0 spiro atoms. The van der Waals surface area contributed by atoms with Crippen molar-refractivity contribution >= 4 is 23.2 Å². The molecule has 0 atom stereocenters. The molecule has 4 nitrogen and oxygen atoms in total. The van der Waals surface area contributed by atoms with Crippen molar-refractivity contribution in [3.63, 3.8) is 0 Å². The first kappa shape index (κ1) is 26.1. The minimum absolute atomic E-state index is 0.0489. The van der Waals surface area contributed by atoms with Crippen LogP contribution in [0.15, 0.2) is 66.7 Å². The molecular formula is C30H35FN2O2S. The number of hydrogen-bond donors (Lipinski definition) is 0. The van der Waals surface area contributed by atoms with Gasteiger partial charge in [-0.05, 0) is 61.6 Å². The summed E-state index contributed by atoms with van der Waals surface area (Å²) < 4.78 is 13.5. The van der Waals surface area contributed by atoms with Crippen LogP contribution in [0.5, 0.6) is 0 Å². The molecule has 1 aromatic heterocycles. The number of rotatable bonds is 10. The van der Waals surface area contributed by atoms with Crippen LogP contribution in [0.4, 0.5) is 4.39 Å². The fraction of sp³-hybridized carbons (Fsp3) is 0.400. The zero-order valence-electron chi connectivity index (χ0n) is 21.0. The third kappa shape index (κ3) is 7.50. The van der Waals surface area contributed by atoms with Gasteiger partial charge in [-0.1, -0.05) is 61.7 Å². The molecule has 0 radical (unpaired) electrons. The molecule has 1 heterocycles. The number of carbonyl (C=O) groups excluding carboxylic acids is 2. The van der Waals surface area contributed by atoms with Crippen molar-refractivity contribution in [1.29, 1.82) is 0 Å². The highest BCUT2D eigenvalue weighted by atomic mass is 32.1. The molecule has 1 saturated carbocycles. The van der Waals surface area contributed by atoms with E-state index in [1.54, 1.807) is 28.4 Å². The van der Waals surface area contributed by atoms with Gasteiger partial charge in [0.05, 0.1) is 6.54 Å². The van der Waals surface area contributed by atoms with Crippen molar-refractivity contribution in [2.45, 2.75) is 71.0 Å². The van der Waals surface area contributed by atoms with E-state index in [9.17, 15) is 14.0 Å². The van der Waals surface area contributed by atoms with Gasteiger partial charge in [0, 0.05) is 28.8 Å². The minimum Gasteiger partial charge on any atom is -0.332 e. The Kier molecular flexibility index (Phi) is 9.29. The highest BCUT2D eigenvalue weighted by molar-refractivity contribution is 7.11. The maximum Gasteiger partial charge on any atom is 0.242 e. The number of amides is 2. The molecule has 1 aliphatic rings. The maximum atomic E-state index is 13.7. The first-order valence-electron chi connectivity index (χ1n) is 12.9. The van der Waals surface area contributed by atoms with E-state index >= 15 is 0 Å². The lowest BCUT2D eigenvalue weighted by molar-refractivity contribution is -0.143. The van der Waals surface area contributed by atoms with E-state index in [-0.39, 0.29) is 30.2 Å². The predicted octanol–water partition coefficient (Wildman–Crippen LogP) is 6.52. The highest BCUT2D eigenvalue weighted by Crippen LogP contribution is 2.25. The SMILES string of the molecule is Cc1ccc(CN(Cc2ccc(F)cc2)C(=O)CN(C(=O)CCc2ccccc2)C2CCCCC2)s1. The van der Waals surface area contributed by atoms with Crippen LogP contribution >= 0.6 is 11.3 Å². The molecule has 0 N–H and O–H groups in total. The minimum atomic E-state index is -0.294. The van der Waals surface area contributed by atoms with Gasteiger partial charge >= 0.3 is 0 Å². The lowest BCUT2D eigenvalue weighted by Crippen LogP contribution is -2.48. The molecule has 2 amide bonds. The number of hydrogen-bond acceptors (Lipinski definition) is 3. The standard InChI is InChI=1S/C30H35FN2O2S/c1-23-12-18-28(36-23)21-32(20-25-13-16-26(31)17-14-25)30(35)22-33(27-10-6-3-7-11-27)29(34)19-15-24-8-4-2-5-9-24/h2,4-5,8-9,12-14,16-18,27H,3,6-7,10-11,15,19-22H2,1H3.